The Kier molecular flexibility index (Phi) is 10.6. The van der Waals surface area contributed by atoms with E-state index in [-0.39, 0.29) is 31.0 Å². The molecule has 0 saturated carbocycles. The predicted octanol–water partition coefficient (Wildman–Crippen LogP) is 3.24. The number of hydrogen-bond donors (Lipinski definition) is 2. The molecular weight excluding hydrogens is 608 g/mol. The third-order valence-electron chi connectivity index (χ3n) is 9.88. The highest BCUT2D eigenvalue weighted by atomic mass is 16.7. The molecule has 12 heteroatoms. The lowest BCUT2D eigenvalue weighted by molar-refractivity contribution is -0.277. The quantitative estimate of drug-likeness (QED) is 0.229. The number of esters is 2. The zero-order valence-electron chi connectivity index (χ0n) is 28.2. The molecule has 2 bridgehead atoms. The molecule has 12 nitrogen and oxygen atoms in total. The van der Waals surface area contributed by atoms with E-state index in [1.807, 2.05) is 26.1 Å². The highest BCUT2D eigenvalue weighted by Gasteiger charge is 2.54. The molecule has 10 atom stereocenters. The highest BCUT2D eigenvalue weighted by Crippen LogP contribution is 2.49. The topological polar surface area (TPSA) is 148 Å². The smallest absolute Gasteiger partial charge is 0.331 e. The van der Waals surface area contributed by atoms with Crippen LogP contribution in [0.2, 0.25) is 0 Å². The number of hydrogen-bond acceptors (Lipinski definition) is 11. The van der Waals surface area contributed by atoms with Crippen molar-refractivity contribution in [1.82, 2.24) is 9.55 Å². The van der Waals surface area contributed by atoms with Gasteiger partial charge in [-0.1, -0.05) is 31.6 Å². The number of fused-ring (bicyclic) bond motifs is 3. The largest absolute Gasteiger partial charge is 0.456 e. The van der Waals surface area contributed by atoms with E-state index >= 15 is 0 Å². The first-order valence-corrected chi connectivity index (χ1v) is 16.2. The second kappa shape index (κ2) is 14.2. The minimum atomic E-state index is -1.39. The van der Waals surface area contributed by atoms with Gasteiger partial charge in [0.2, 0.25) is 5.79 Å². The summed E-state index contributed by atoms with van der Waals surface area (Å²) >= 11 is 0. The van der Waals surface area contributed by atoms with Gasteiger partial charge < -0.3 is 43.2 Å². The summed E-state index contributed by atoms with van der Waals surface area (Å²) in [5, 5.41) is 20.8. The van der Waals surface area contributed by atoms with Crippen LogP contribution < -0.4 is 0 Å². The summed E-state index contributed by atoms with van der Waals surface area (Å²) in [4.78, 5) is 29.4. The molecule has 4 aliphatic rings. The predicted molar refractivity (Wildman–Crippen MR) is 170 cm³/mol. The third kappa shape index (κ3) is 7.48. The molecule has 258 valence electrons. The lowest BCUT2D eigenvalue weighted by atomic mass is 9.65. The Hall–Kier alpha value is -3.13. The van der Waals surface area contributed by atoms with Crippen molar-refractivity contribution in [2.75, 3.05) is 20.3 Å². The second-order valence-electron chi connectivity index (χ2n) is 13.6. The minimum absolute atomic E-state index is 0.0137. The van der Waals surface area contributed by atoms with E-state index in [2.05, 4.69) is 37.9 Å². The Balaban J connectivity index is 1.49. The van der Waals surface area contributed by atoms with Crippen LogP contribution >= 0.6 is 0 Å². The molecule has 0 spiro atoms. The number of aliphatic hydroxyl groups is 2. The summed E-state index contributed by atoms with van der Waals surface area (Å²) in [5.74, 6) is -1.90. The zero-order chi connectivity index (χ0) is 34.1. The molecule has 47 heavy (non-hydrogen) atoms. The number of aliphatic hydroxyl groups excluding tert-OH is 2. The zero-order valence-corrected chi connectivity index (χ0v) is 28.2. The van der Waals surface area contributed by atoms with Gasteiger partial charge in [-0.15, -0.1) is 0 Å². The normalized spacial score (nSPS) is 37.1. The SMILES string of the molecule is CO[C@]12C=C[C@](C)(O1)[C@@H](OC(=O)/C=C/c1cn(C)cn1)C[C@H]1C(C)=CC[C@H](C(C)C)[C@@H]1C=C2CO[C@H]1OC[C@H](O)[C@H](O)[C@@H]1OC(C)=O. The van der Waals surface area contributed by atoms with E-state index < -0.39 is 54.0 Å². The standard InChI is InChI=1S/C35H48N2O10/c1-20(2)25-10-8-21(3)26-15-29(46-30(40)11-9-24-16-37(6)19-36-24)34(5)12-13-35(42-7,47-34)23(14-27(25)26)17-43-33-32(45-22(4)38)31(41)28(39)18-44-33/h8-9,11-14,16,19-20,25-29,31-33,39,41H,10,15,17-18H2,1-7H3/b11-9+,23-14?/t25-,26+,27+,28+,29+,31+,32+,33+,34+,35-/m1/s1. The highest BCUT2D eigenvalue weighted by molar-refractivity contribution is 5.86. The Morgan fingerprint density at radius 1 is 1.23 bits per heavy atom. The second-order valence-corrected chi connectivity index (χ2v) is 13.6. The molecule has 1 aromatic heterocycles. The monoisotopic (exact) mass is 656 g/mol. The molecule has 0 amide bonds. The number of carbonyl (C=O) groups is 2. The third-order valence-corrected chi connectivity index (χ3v) is 9.88. The fourth-order valence-corrected chi connectivity index (χ4v) is 7.17. The average Bonchev–Trinajstić information content (AvgIpc) is 3.61. The van der Waals surface area contributed by atoms with Gasteiger partial charge in [-0.05, 0) is 68.6 Å². The van der Waals surface area contributed by atoms with Gasteiger partial charge >= 0.3 is 11.9 Å². The number of aromatic nitrogens is 2. The van der Waals surface area contributed by atoms with Gasteiger partial charge in [-0.25, -0.2) is 9.78 Å². The summed E-state index contributed by atoms with van der Waals surface area (Å²) in [6.45, 7) is 9.36. The van der Waals surface area contributed by atoms with Crippen LogP contribution in [-0.4, -0.2) is 94.1 Å². The van der Waals surface area contributed by atoms with E-state index in [4.69, 9.17) is 28.4 Å². The Labute approximate surface area is 276 Å². The molecule has 1 aromatic rings. The maximum Gasteiger partial charge on any atom is 0.331 e. The van der Waals surface area contributed by atoms with Gasteiger partial charge in [0.15, 0.2) is 12.4 Å². The summed E-state index contributed by atoms with van der Waals surface area (Å²) in [6, 6.07) is 0. The Morgan fingerprint density at radius 2 is 2.00 bits per heavy atom. The van der Waals surface area contributed by atoms with E-state index in [0.29, 0.717) is 23.6 Å². The number of allylic oxidation sites excluding steroid dienone is 3. The van der Waals surface area contributed by atoms with Crippen molar-refractivity contribution in [2.24, 2.45) is 30.7 Å². The first-order chi connectivity index (χ1) is 22.2. The fraction of sp³-hybridized carbons (Fsp3) is 0.629. The van der Waals surface area contributed by atoms with Gasteiger partial charge in [0.25, 0.3) is 0 Å². The van der Waals surface area contributed by atoms with Crippen LogP contribution in [0.4, 0.5) is 0 Å². The van der Waals surface area contributed by atoms with E-state index in [1.165, 1.54) is 18.6 Å². The molecule has 0 radical (unpaired) electrons. The van der Waals surface area contributed by atoms with Crippen LogP contribution in [0.5, 0.6) is 0 Å². The van der Waals surface area contributed by atoms with E-state index in [9.17, 15) is 19.8 Å². The van der Waals surface area contributed by atoms with Crippen LogP contribution in [0.25, 0.3) is 6.08 Å². The molecule has 1 aliphatic carbocycles. The van der Waals surface area contributed by atoms with Crippen molar-refractivity contribution < 1.29 is 48.2 Å². The summed E-state index contributed by atoms with van der Waals surface area (Å²) in [5.41, 5.74) is 1.43. The molecule has 0 aromatic carbocycles. The Morgan fingerprint density at radius 3 is 2.66 bits per heavy atom. The van der Waals surface area contributed by atoms with Crippen LogP contribution in [0.15, 0.2) is 54.1 Å². The van der Waals surface area contributed by atoms with Crippen molar-refractivity contribution in [3.05, 3.63) is 59.7 Å². The molecule has 3 aliphatic heterocycles. The summed E-state index contributed by atoms with van der Waals surface area (Å²) < 4.78 is 38.1. The molecule has 0 unspecified atom stereocenters. The van der Waals surface area contributed by atoms with Crippen LogP contribution in [0.3, 0.4) is 0 Å². The summed E-state index contributed by atoms with van der Waals surface area (Å²) in [6.07, 6.45) is 10.3. The fourth-order valence-electron chi connectivity index (χ4n) is 7.17. The molecule has 5 rings (SSSR count). The molecule has 2 N–H and O–H groups in total. The molecule has 1 fully saturated rings. The maximum absolute atomic E-state index is 13.3. The Bertz CT molecular complexity index is 1430. The maximum atomic E-state index is 13.3. The lowest BCUT2D eigenvalue weighted by Crippen LogP contribution is -2.55. The first-order valence-electron chi connectivity index (χ1n) is 16.2. The number of rotatable bonds is 9. The van der Waals surface area contributed by atoms with Gasteiger partial charge in [-0.2, -0.15) is 0 Å². The average molecular weight is 657 g/mol. The van der Waals surface area contributed by atoms with Gasteiger partial charge in [0, 0.05) is 38.9 Å². The molecule has 4 heterocycles. The van der Waals surface area contributed by atoms with Crippen LogP contribution in [-0.2, 0) is 45.1 Å². The van der Waals surface area contributed by atoms with Crippen molar-refractivity contribution in [2.45, 2.75) is 89.6 Å². The van der Waals surface area contributed by atoms with Crippen molar-refractivity contribution in [1.29, 1.82) is 0 Å². The van der Waals surface area contributed by atoms with Crippen molar-refractivity contribution in [3.8, 4) is 0 Å². The number of methoxy groups -OCH3 is 1. The van der Waals surface area contributed by atoms with Gasteiger partial charge in [0.05, 0.1) is 25.2 Å². The van der Waals surface area contributed by atoms with E-state index in [1.54, 1.807) is 30.3 Å². The molecular formula is C35H48N2O10. The lowest BCUT2D eigenvalue weighted by Gasteiger charge is -2.41. The first kappa shape index (κ1) is 35.2. The number of ether oxygens (including phenoxy) is 6. The number of imidazole rings is 1. The molecule has 1 saturated heterocycles. The summed E-state index contributed by atoms with van der Waals surface area (Å²) in [7, 11) is 3.40. The van der Waals surface area contributed by atoms with Gasteiger partial charge in [0.1, 0.15) is 23.9 Å². The number of nitrogens with zero attached hydrogens (tertiary/aromatic N) is 2. The van der Waals surface area contributed by atoms with Crippen LogP contribution in [0, 0.1) is 23.7 Å². The van der Waals surface area contributed by atoms with Gasteiger partial charge in [-0.3, -0.25) is 4.79 Å². The minimum Gasteiger partial charge on any atom is -0.456 e. The number of carbonyl (C=O) groups excluding carboxylic acids is 2. The van der Waals surface area contributed by atoms with E-state index in [0.717, 1.165) is 6.42 Å². The van der Waals surface area contributed by atoms with Crippen molar-refractivity contribution in [3.63, 3.8) is 0 Å². The van der Waals surface area contributed by atoms with Crippen LogP contribution in [0.1, 0.15) is 53.2 Å². The van der Waals surface area contributed by atoms with Crippen molar-refractivity contribution >= 4 is 18.0 Å². The number of aryl methyl sites for hydroxylation is 1.